The molecular weight excluding hydrogens is 310 g/mol. The van der Waals surface area contributed by atoms with Crippen LogP contribution in [0.2, 0.25) is 0 Å². The molecule has 0 bridgehead atoms. The smallest absolute Gasteiger partial charge is 0.0782 e. The van der Waals surface area contributed by atoms with Crippen molar-refractivity contribution in [3.8, 4) is 0 Å². The lowest BCUT2D eigenvalue weighted by atomic mass is 10.1. The normalized spacial score (nSPS) is 11.3. The molecule has 0 saturated carbocycles. The summed E-state index contributed by atoms with van der Waals surface area (Å²) in [6.07, 6.45) is 12.6. The van der Waals surface area contributed by atoms with Gasteiger partial charge in [0.05, 0.1) is 27.2 Å². The Hall–Kier alpha value is 0.730. The fourth-order valence-electron chi connectivity index (χ4n) is 2.24. The molecule has 18 heavy (non-hydrogen) atoms. The molecule has 0 aliphatic rings. The molecule has 3 heteroatoms. The molecule has 0 saturated heterocycles. The van der Waals surface area contributed by atoms with Crippen LogP contribution in [-0.2, 0) is 0 Å². The summed E-state index contributed by atoms with van der Waals surface area (Å²) >= 11 is 3.50. The van der Waals surface area contributed by atoms with Crippen molar-refractivity contribution in [2.45, 2.75) is 64.7 Å². The first-order valence-electron chi connectivity index (χ1n) is 7.50. The van der Waals surface area contributed by atoms with E-state index in [0.29, 0.717) is 0 Å². The number of hydrogen-bond acceptors (Lipinski definition) is 0. The highest BCUT2D eigenvalue weighted by molar-refractivity contribution is 9.09. The number of alkyl halides is 1. The molecule has 0 fully saturated rings. The van der Waals surface area contributed by atoms with Gasteiger partial charge in [0.15, 0.2) is 0 Å². The van der Waals surface area contributed by atoms with Crippen LogP contribution in [0.1, 0.15) is 64.7 Å². The van der Waals surface area contributed by atoms with Gasteiger partial charge in [-0.25, -0.2) is 0 Å². The summed E-state index contributed by atoms with van der Waals surface area (Å²) in [5.41, 5.74) is 0. The van der Waals surface area contributed by atoms with E-state index in [4.69, 9.17) is 0 Å². The van der Waals surface area contributed by atoms with E-state index in [9.17, 15) is 0 Å². The molecule has 0 aromatic heterocycles. The van der Waals surface area contributed by atoms with Crippen LogP contribution in [0.15, 0.2) is 0 Å². The second-order valence-electron chi connectivity index (χ2n) is 5.90. The second kappa shape index (κ2) is 14.1. The van der Waals surface area contributed by atoms with E-state index in [1.807, 2.05) is 0 Å². The third-order valence-electron chi connectivity index (χ3n) is 3.51. The van der Waals surface area contributed by atoms with Crippen LogP contribution in [0.5, 0.6) is 0 Å². The lowest BCUT2D eigenvalue weighted by Gasteiger charge is -2.29. The van der Waals surface area contributed by atoms with E-state index in [-0.39, 0.29) is 12.4 Å². The van der Waals surface area contributed by atoms with Crippen molar-refractivity contribution in [3.05, 3.63) is 0 Å². The molecule has 1 nitrogen and oxygen atoms in total. The number of quaternary nitrogens is 1. The van der Waals surface area contributed by atoms with Crippen LogP contribution in [0.3, 0.4) is 0 Å². The minimum atomic E-state index is 0. The molecule has 0 aliphatic carbocycles. The number of unbranched alkanes of at least 4 members (excludes halogenated alkanes) is 7. The van der Waals surface area contributed by atoms with E-state index in [0.717, 1.165) is 5.33 Å². The van der Waals surface area contributed by atoms with Crippen molar-refractivity contribution in [1.29, 1.82) is 0 Å². The maximum absolute atomic E-state index is 3.50. The van der Waals surface area contributed by atoms with Crippen molar-refractivity contribution in [3.63, 3.8) is 0 Å². The molecule has 0 rings (SSSR count). The van der Waals surface area contributed by atoms with Crippen LogP contribution in [0.25, 0.3) is 0 Å². The van der Waals surface area contributed by atoms with Gasteiger partial charge >= 0.3 is 0 Å². The molecule has 0 radical (unpaired) electrons. The Labute approximate surface area is 130 Å². The molecule has 0 spiro atoms. The van der Waals surface area contributed by atoms with Gasteiger partial charge in [-0.3, -0.25) is 0 Å². The van der Waals surface area contributed by atoms with Gasteiger partial charge in [-0.05, 0) is 25.7 Å². The molecule has 112 valence electrons. The van der Waals surface area contributed by atoms with Gasteiger partial charge in [-0.15, -0.1) is 0 Å². The van der Waals surface area contributed by atoms with E-state index in [2.05, 4.69) is 36.9 Å². The molecule has 0 aromatic carbocycles. The average Bonchev–Trinajstić information content (AvgIpc) is 2.28. The van der Waals surface area contributed by atoms with Crippen LogP contribution >= 0.6 is 15.9 Å². The summed E-state index contributed by atoms with van der Waals surface area (Å²) in [5, 5.41) is 1.16. The number of rotatable bonds is 12. The summed E-state index contributed by atoms with van der Waals surface area (Å²) < 4.78 is 1.21. The Morgan fingerprint density at radius 2 is 1.17 bits per heavy atom. The van der Waals surface area contributed by atoms with E-state index < -0.39 is 0 Å². The minimum Gasteiger partial charge on any atom is -1.00 e. The first kappa shape index (κ1) is 21.0. The van der Waals surface area contributed by atoms with Crippen molar-refractivity contribution in [2.24, 2.45) is 0 Å². The molecule has 0 atom stereocenters. The lowest BCUT2D eigenvalue weighted by molar-refractivity contribution is -0.890. The van der Waals surface area contributed by atoms with Gasteiger partial charge in [-0.2, -0.15) is 0 Å². The topological polar surface area (TPSA) is 0 Å². The zero-order chi connectivity index (χ0) is 13.0. The van der Waals surface area contributed by atoms with Gasteiger partial charge < -0.3 is 16.9 Å². The van der Waals surface area contributed by atoms with Gasteiger partial charge in [0.25, 0.3) is 0 Å². The maximum Gasteiger partial charge on any atom is 0.0782 e. The van der Waals surface area contributed by atoms with Crippen molar-refractivity contribution >= 4 is 15.9 Å². The Balaban J connectivity index is 0. The highest BCUT2D eigenvalue weighted by Gasteiger charge is 2.13. The predicted octanol–water partition coefficient (Wildman–Crippen LogP) is 1.99. The number of hydrogen-bond donors (Lipinski definition) is 0. The molecular formula is C15H33BrClN. The quantitative estimate of drug-likeness (QED) is 0.289. The Morgan fingerprint density at radius 3 is 1.67 bits per heavy atom. The summed E-state index contributed by atoms with van der Waals surface area (Å²) in [5.74, 6) is 0. The Kier molecular flexibility index (Phi) is 16.5. The number of halogens is 2. The summed E-state index contributed by atoms with van der Waals surface area (Å²) in [6, 6.07) is 0. The van der Waals surface area contributed by atoms with Crippen molar-refractivity contribution < 1.29 is 16.9 Å². The lowest BCUT2D eigenvalue weighted by Crippen LogP contribution is -3.00. The monoisotopic (exact) mass is 341 g/mol. The summed E-state index contributed by atoms with van der Waals surface area (Å²) in [7, 11) is 4.76. The largest absolute Gasteiger partial charge is 1.00 e. The molecule has 0 unspecified atom stereocenters. The summed E-state index contributed by atoms with van der Waals surface area (Å²) in [4.78, 5) is 0. The fourth-order valence-corrected chi connectivity index (χ4v) is 2.64. The zero-order valence-corrected chi connectivity index (χ0v) is 15.0. The first-order chi connectivity index (χ1) is 8.12. The third-order valence-corrected chi connectivity index (χ3v) is 4.07. The van der Waals surface area contributed by atoms with Gasteiger partial charge in [0.2, 0.25) is 0 Å². The van der Waals surface area contributed by atoms with Gasteiger partial charge in [-0.1, -0.05) is 55.0 Å². The minimum absolute atomic E-state index is 0. The SMILES string of the molecule is CCCCCCCCC[N+](C)(C)CCCCBr.[Cl-]. The van der Waals surface area contributed by atoms with E-state index in [1.165, 1.54) is 75.4 Å². The molecule has 0 N–H and O–H groups in total. The molecule has 0 amide bonds. The maximum atomic E-state index is 3.50. The standard InChI is InChI=1S/C15H33BrN.ClH/c1-4-5-6-7-8-9-11-14-17(2,3)15-12-10-13-16;/h4-15H2,1-3H3;1H/q+1;/p-1. The van der Waals surface area contributed by atoms with E-state index >= 15 is 0 Å². The Morgan fingerprint density at radius 1 is 0.722 bits per heavy atom. The zero-order valence-electron chi connectivity index (χ0n) is 12.7. The van der Waals surface area contributed by atoms with Crippen molar-refractivity contribution in [2.75, 3.05) is 32.5 Å². The predicted molar refractivity (Wildman–Crippen MR) is 82.9 cm³/mol. The van der Waals surface area contributed by atoms with Gasteiger partial charge in [0.1, 0.15) is 0 Å². The van der Waals surface area contributed by atoms with E-state index in [1.54, 1.807) is 0 Å². The third kappa shape index (κ3) is 14.8. The first-order valence-corrected chi connectivity index (χ1v) is 8.62. The van der Waals surface area contributed by atoms with Gasteiger partial charge in [0, 0.05) is 5.33 Å². The van der Waals surface area contributed by atoms with Crippen LogP contribution in [0.4, 0.5) is 0 Å². The molecule has 0 heterocycles. The molecule has 0 aromatic rings. The highest BCUT2D eigenvalue weighted by Crippen LogP contribution is 2.10. The van der Waals surface area contributed by atoms with Crippen molar-refractivity contribution in [1.82, 2.24) is 0 Å². The van der Waals surface area contributed by atoms with Crippen LogP contribution < -0.4 is 12.4 Å². The average molecular weight is 343 g/mol. The fraction of sp³-hybridized carbons (Fsp3) is 1.00. The highest BCUT2D eigenvalue weighted by atomic mass is 79.9. The van der Waals surface area contributed by atoms with Crippen LogP contribution in [-0.4, -0.2) is 37.0 Å². The molecule has 0 aliphatic heterocycles. The number of nitrogens with zero attached hydrogens (tertiary/aromatic N) is 1. The van der Waals surface area contributed by atoms with Crippen LogP contribution in [0, 0.1) is 0 Å². The Bertz CT molecular complexity index is 163. The second-order valence-corrected chi connectivity index (χ2v) is 6.69. The summed E-state index contributed by atoms with van der Waals surface area (Å²) in [6.45, 7) is 4.98.